The van der Waals surface area contributed by atoms with Gasteiger partial charge in [0, 0.05) is 24.1 Å². The smallest absolute Gasteiger partial charge is 0.121 e. The van der Waals surface area contributed by atoms with Crippen molar-refractivity contribution in [3.63, 3.8) is 0 Å². The van der Waals surface area contributed by atoms with Crippen LogP contribution >= 0.6 is 0 Å². The van der Waals surface area contributed by atoms with E-state index in [2.05, 4.69) is 16.7 Å². The number of nitrogens with zero attached hydrogens (tertiary/aromatic N) is 2. The lowest BCUT2D eigenvalue weighted by molar-refractivity contribution is 0.377. The molecule has 112 valence electrons. The van der Waals surface area contributed by atoms with E-state index in [1.54, 1.807) is 7.11 Å². The fraction of sp³-hybridized carbons (Fsp3) is 0.588. The highest BCUT2D eigenvalue weighted by molar-refractivity contribution is 5.78. The molecule has 4 nitrogen and oxygen atoms in total. The molecule has 0 amide bonds. The van der Waals surface area contributed by atoms with Gasteiger partial charge < -0.3 is 15.0 Å². The zero-order valence-corrected chi connectivity index (χ0v) is 12.6. The predicted molar refractivity (Wildman–Crippen MR) is 83.7 cm³/mol. The first-order valence-electron chi connectivity index (χ1n) is 8.07. The summed E-state index contributed by atoms with van der Waals surface area (Å²) in [7, 11) is 1.71. The van der Waals surface area contributed by atoms with Gasteiger partial charge in [0.15, 0.2) is 0 Å². The standard InChI is InChI=1S/C17H23N3O/c1-21-14-8-9-16-15(10-14)19-17(20(16)13-6-7-13)11-2-4-12(18)5-3-11/h8-13H,2-7,18H2,1H3. The topological polar surface area (TPSA) is 53.1 Å². The summed E-state index contributed by atoms with van der Waals surface area (Å²) in [6, 6.07) is 7.32. The Morgan fingerprint density at radius 3 is 2.57 bits per heavy atom. The molecular weight excluding hydrogens is 262 g/mol. The summed E-state index contributed by atoms with van der Waals surface area (Å²) in [5, 5.41) is 0. The number of ether oxygens (including phenoxy) is 1. The second-order valence-electron chi connectivity index (χ2n) is 6.54. The van der Waals surface area contributed by atoms with E-state index in [1.165, 1.54) is 37.0 Å². The van der Waals surface area contributed by atoms with Gasteiger partial charge in [-0.3, -0.25) is 0 Å². The molecule has 0 radical (unpaired) electrons. The molecule has 0 bridgehead atoms. The number of hydrogen-bond donors (Lipinski definition) is 1. The molecule has 2 fully saturated rings. The van der Waals surface area contributed by atoms with Crippen LogP contribution in [-0.2, 0) is 0 Å². The quantitative estimate of drug-likeness (QED) is 0.940. The SMILES string of the molecule is COc1ccc2c(c1)nc(C1CCC(N)CC1)n2C1CC1. The minimum absolute atomic E-state index is 0.389. The number of aromatic nitrogens is 2. The largest absolute Gasteiger partial charge is 0.497 e. The Balaban J connectivity index is 1.78. The number of nitrogens with two attached hydrogens (primary N) is 1. The van der Waals surface area contributed by atoms with E-state index in [1.807, 2.05) is 6.07 Å². The lowest BCUT2D eigenvalue weighted by Gasteiger charge is -2.26. The van der Waals surface area contributed by atoms with E-state index in [-0.39, 0.29) is 0 Å². The zero-order valence-electron chi connectivity index (χ0n) is 12.6. The maximum Gasteiger partial charge on any atom is 0.121 e. The molecule has 0 unspecified atom stereocenters. The Morgan fingerprint density at radius 1 is 1.14 bits per heavy atom. The molecule has 4 heteroatoms. The summed E-state index contributed by atoms with van der Waals surface area (Å²) in [6.07, 6.45) is 7.18. The Hall–Kier alpha value is -1.55. The van der Waals surface area contributed by atoms with Crippen LogP contribution in [0.25, 0.3) is 11.0 Å². The number of hydrogen-bond acceptors (Lipinski definition) is 3. The van der Waals surface area contributed by atoms with Crippen molar-refractivity contribution in [3.05, 3.63) is 24.0 Å². The molecule has 2 aliphatic rings. The van der Waals surface area contributed by atoms with Gasteiger partial charge >= 0.3 is 0 Å². The van der Waals surface area contributed by atoms with Gasteiger partial charge in [-0.05, 0) is 50.7 Å². The summed E-state index contributed by atoms with van der Waals surface area (Å²) in [5.41, 5.74) is 8.40. The molecule has 1 heterocycles. The van der Waals surface area contributed by atoms with Gasteiger partial charge in [-0.15, -0.1) is 0 Å². The lowest BCUT2D eigenvalue weighted by Crippen LogP contribution is -2.26. The third kappa shape index (κ3) is 2.31. The van der Waals surface area contributed by atoms with Crippen LogP contribution in [-0.4, -0.2) is 22.7 Å². The molecule has 0 aliphatic heterocycles. The number of rotatable bonds is 3. The van der Waals surface area contributed by atoms with Crippen molar-refractivity contribution in [3.8, 4) is 5.75 Å². The van der Waals surface area contributed by atoms with Crippen LogP contribution < -0.4 is 10.5 Å². The van der Waals surface area contributed by atoms with Crippen LogP contribution in [0.2, 0.25) is 0 Å². The maximum atomic E-state index is 6.05. The van der Waals surface area contributed by atoms with Gasteiger partial charge in [0.1, 0.15) is 11.6 Å². The van der Waals surface area contributed by atoms with E-state index < -0.39 is 0 Å². The van der Waals surface area contributed by atoms with Gasteiger partial charge in [-0.25, -0.2) is 4.98 Å². The van der Waals surface area contributed by atoms with Gasteiger partial charge in [0.25, 0.3) is 0 Å². The highest BCUT2D eigenvalue weighted by Gasteiger charge is 2.32. The van der Waals surface area contributed by atoms with Crippen molar-refractivity contribution in [1.29, 1.82) is 0 Å². The normalized spacial score (nSPS) is 26.2. The van der Waals surface area contributed by atoms with Gasteiger partial charge in [0.2, 0.25) is 0 Å². The first-order chi connectivity index (χ1) is 10.3. The zero-order chi connectivity index (χ0) is 14.4. The van der Waals surface area contributed by atoms with Crippen molar-refractivity contribution in [1.82, 2.24) is 9.55 Å². The Bertz CT molecular complexity index is 651. The van der Waals surface area contributed by atoms with Crippen molar-refractivity contribution in [2.24, 2.45) is 5.73 Å². The van der Waals surface area contributed by atoms with Crippen LogP contribution in [0.1, 0.15) is 56.3 Å². The molecule has 21 heavy (non-hydrogen) atoms. The highest BCUT2D eigenvalue weighted by Crippen LogP contribution is 2.43. The van der Waals surface area contributed by atoms with Crippen LogP contribution in [0.15, 0.2) is 18.2 Å². The van der Waals surface area contributed by atoms with E-state index in [9.17, 15) is 0 Å². The van der Waals surface area contributed by atoms with E-state index in [4.69, 9.17) is 15.5 Å². The Kier molecular flexibility index (Phi) is 3.14. The molecule has 0 atom stereocenters. The molecule has 2 aliphatic carbocycles. The summed E-state index contributed by atoms with van der Waals surface area (Å²) in [4.78, 5) is 4.97. The monoisotopic (exact) mass is 285 g/mol. The molecule has 2 saturated carbocycles. The first-order valence-corrected chi connectivity index (χ1v) is 8.07. The molecular formula is C17H23N3O. The summed E-state index contributed by atoms with van der Waals surface area (Å²) in [5.74, 6) is 2.75. The van der Waals surface area contributed by atoms with Crippen molar-refractivity contribution in [2.45, 2.75) is 56.5 Å². The second kappa shape index (κ2) is 5.02. The van der Waals surface area contributed by atoms with E-state index in [0.29, 0.717) is 18.0 Å². The van der Waals surface area contributed by atoms with Crippen molar-refractivity contribution in [2.75, 3.05) is 7.11 Å². The van der Waals surface area contributed by atoms with E-state index >= 15 is 0 Å². The van der Waals surface area contributed by atoms with Crippen LogP contribution in [0.5, 0.6) is 5.75 Å². The maximum absolute atomic E-state index is 6.05. The van der Waals surface area contributed by atoms with Gasteiger partial charge in [0.05, 0.1) is 18.1 Å². The number of imidazole rings is 1. The minimum atomic E-state index is 0.389. The van der Waals surface area contributed by atoms with Crippen LogP contribution in [0.4, 0.5) is 0 Å². The van der Waals surface area contributed by atoms with Crippen LogP contribution in [0, 0.1) is 0 Å². The first kappa shape index (κ1) is 13.1. The van der Waals surface area contributed by atoms with Crippen molar-refractivity contribution < 1.29 is 4.74 Å². The molecule has 2 aromatic rings. The van der Waals surface area contributed by atoms with Gasteiger partial charge in [-0.2, -0.15) is 0 Å². The summed E-state index contributed by atoms with van der Waals surface area (Å²) < 4.78 is 7.84. The molecule has 1 aromatic carbocycles. The minimum Gasteiger partial charge on any atom is -0.497 e. The average Bonchev–Trinajstić information content (AvgIpc) is 3.27. The molecule has 0 saturated heterocycles. The summed E-state index contributed by atoms with van der Waals surface area (Å²) in [6.45, 7) is 0. The molecule has 1 aromatic heterocycles. The second-order valence-corrected chi connectivity index (χ2v) is 6.54. The average molecular weight is 285 g/mol. The van der Waals surface area contributed by atoms with Gasteiger partial charge in [-0.1, -0.05) is 0 Å². The van der Waals surface area contributed by atoms with E-state index in [0.717, 1.165) is 24.1 Å². The lowest BCUT2D eigenvalue weighted by atomic mass is 9.86. The number of methoxy groups -OCH3 is 1. The molecule has 4 rings (SSSR count). The Morgan fingerprint density at radius 2 is 1.90 bits per heavy atom. The number of fused-ring (bicyclic) bond motifs is 1. The molecule has 0 spiro atoms. The number of benzene rings is 1. The van der Waals surface area contributed by atoms with Crippen LogP contribution in [0.3, 0.4) is 0 Å². The molecule has 2 N–H and O–H groups in total. The fourth-order valence-corrected chi connectivity index (χ4v) is 3.61. The third-order valence-electron chi connectivity index (χ3n) is 4.97. The Labute approximate surface area is 125 Å². The van der Waals surface area contributed by atoms with Crippen molar-refractivity contribution >= 4 is 11.0 Å². The third-order valence-corrected chi connectivity index (χ3v) is 4.97. The highest BCUT2D eigenvalue weighted by atomic mass is 16.5. The summed E-state index contributed by atoms with van der Waals surface area (Å²) >= 11 is 0. The fourth-order valence-electron chi connectivity index (χ4n) is 3.61. The predicted octanol–water partition coefficient (Wildman–Crippen LogP) is 3.36.